The lowest BCUT2D eigenvalue weighted by atomic mass is 9.92. The molecule has 1 aromatic rings. The predicted octanol–water partition coefficient (Wildman–Crippen LogP) is 3.44. The molecule has 0 saturated carbocycles. The number of carbonyl (C=O) groups is 1. The van der Waals surface area contributed by atoms with Crippen LogP contribution in [0.25, 0.3) is 0 Å². The number of allylic oxidation sites excluding steroid dienone is 2. The molecule has 1 aliphatic heterocycles. The number of nitrogens with zero attached hydrogens (tertiary/aromatic N) is 1. The van der Waals surface area contributed by atoms with Gasteiger partial charge in [-0.1, -0.05) is 18.2 Å². The average Bonchev–Trinajstić information content (AvgIpc) is 2.67. The zero-order valence-electron chi connectivity index (χ0n) is 15.8. The lowest BCUT2D eigenvalue weighted by Gasteiger charge is -2.38. The van der Waals surface area contributed by atoms with Crippen molar-refractivity contribution in [2.45, 2.75) is 51.1 Å². The number of carbonyl (C=O) groups excluding carboxylic acids is 1. The number of unbranched alkanes of at least 4 members (excludes halogenated alkanes) is 1. The average molecular weight is 363 g/mol. The summed E-state index contributed by atoms with van der Waals surface area (Å²) in [6, 6.07) is 5.79. The van der Waals surface area contributed by atoms with E-state index >= 15 is 0 Å². The topological polar surface area (TPSA) is 66.9 Å². The van der Waals surface area contributed by atoms with Crippen molar-refractivity contribution in [2.75, 3.05) is 20.8 Å². The second-order valence-electron chi connectivity index (χ2n) is 6.35. The first-order chi connectivity index (χ1) is 12.7. The molecule has 1 aliphatic rings. The van der Waals surface area contributed by atoms with Crippen molar-refractivity contribution < 1.29 is 23.7 Å². The fourth-order valence-electron chi connectivity index (χ4n) is 3.07. The van der Waals surface area contributed by atoms with Crippen LogP contribution in [0.4, 0.5) is 0 Å². The zero-order chi connectivity index (χ0) is 18.8. The van der Waals surface area contributed by atoms with Gasteiger partial charge in [0.15, 0.2) is 6.29 Å². The Morgan fingerprint density at radius 1 is 1.38 bits per heavy atom. The van der Waals surface area contributed by atoms with E-state index in [-0.39, 0.29) is 30.4 Å². The number of aromatic nitrogens is 1. The summed E-state index contributed by atoms with van der Waals surface area (Å²) in [6.45, 7) is 2.52. The Balaban J connectivity index is 1.93. The predicted molar refractivity (Wildman–Crippen MR) is 97.4 cm³/mol. The molecule has 26 heavy (non-hydrogen) atoms. The highest BCUT2D eigenvalue weighted by atomic mass is 16.7. The van der Waals surface area contributed by atoms with Crippen molar-refractivity contribution in [3.8, 4) is 0 Å². The Morgan fingerprint density at radius 3 is 2.92 bits per heavy atom. The summed E-state index contributed by atoms with van der Waals surface area (Å²) in [5.74, 6) is 0.00911. The summed E-state index contributed by atoms with van der Waals surface area (Å²) in [7, 11) is 3.10. The number of esters is 1. The number of pyridine rings is 1. The van der Waals surface area contributed by atoms with E-state index in [2.05, 4.69) is 21.9 Å². The van der Waals surface area contributed by atoms with Gasteiger partial charge in [0.1, 0.15) is 6.10 Å². The van der Waals surface area contributed by atoms with Gasteiger partial charge in [0.2, 0.25) is 0 Å². The number of rotatable bonds is 9. The van der Waals surface area contributed by atoms with Gasteiger partial charge in [-0.3, -0.25) is 9.78 Å². The Bertz CT molecular complexity index is 563. The maximum absolute atomic E-state index is 11.1. The molecule has 1 saturated heterocycles. The Kier molecular flexibility index (Phi) is 8.74. The number of hydrogen-bond acceptors (Lipinski definition) is 6. The van der Waals surface area contributed by atoms with E-state index in [4.69, 9.17) is 14.2 Å². The molecule has 1 aromatic heterocycles. The number of methoxy groups -OCH3 is 2. The third kappa shape index (κ3) is 6.20. The molecule has 0 aliphatic carbocycles. The van der Waals surface area contributed by atoms with E-state index < -0.39 is 0 Å². The van der Waals surface area contributed by atoms with E-state index in [0.29, 0.717) is 13.0 Å². The molecule has 0 amide bonds. The molecule has 2 heterocycles. The smallest absolute Gasteiger partial charge is 0.305 e. The van der Waals surface area contributed by atoms with Crippen LogP contribution in [0.2, 0.25) is 0 Å². The van der Waals surface area contributed by atoms with Gasteiger partial charge in [0, 0.05) is 25.6 Å². The molecule has 0 N–H and O–H groups in total. The normalized spacial score (nSPS) is 24.5. The summed E-state index contributed by atoms with van der Waals surface area (Å²) in [6.07, 6.45) is 8.27. The lowest BCUT2D eigenvalue weighted by molar-refractivity contribution is -0.253. The van der Waals surface area contributed by atoms with Crippen molar-refractivity contribution in [3.63, 3.8) is 0 Å². The van der Waals surface area contributed by atoms with Crippen LogP contribution >= 0.6 is 0 Å². The van der Waals surface area contributed by atoms with E-state index in [9.17, 15) is 4.79 Å². The summed E-state index contributed by atoms with van der Waals surface area (Å²) in [5.41, 5.74) is 0.862. The molecule has 4 atom stereocenters. The van der Waals surface area contributed by atoms with Gasteiger partial charge in [0.25, 0.3) is 0 Å². The largest absolute Gasteiger partial charge is 0.469 e. The fraction of sp³-hybridized carbons (Fsp3) is 0.600. The molecule has 1 unspecified atom stereocenters. The van der Waals surface area contributed by atoms with Crippen LogP contribution in [-0.2, 0) is 23.7 Å². The maximum atomic E-state index is 11.1. The highest BCUT2D eigenvalue weighted by molar-refractivity contribution is 5.69. The minimum Gasteiger partial charge on any atom is -0.469 e. The van der Waals surface area contributed by atoms with Gasteiger partial charge in [-0.05, 0) is 38.3 Å². The highest BCUT2D eigenvalue weighted by Gasteiger charge is 2.37. The van der Waals surface area contributed by atoms with Crippen molar-refractivity contribution in [3.05, 3.63) is 42.2 Å². The molecule has 6 nitrogen and oxygen atoms in total. The van der Waals surface area contributed by atoms with E-state index in [1.54, 1.807) is 13.3 Å². The summed E-state index contributed by atoms with van der Waals surface area (Å²) in [4.78, 5) is 15.5. The van der Waals surface area contributed by atoms with Crippen LogP contribution in [0.3, 0.4) is 0 Å². The summed E-state index contributed by atoms with van der Waals surface area (Å²) < 4.78 is 22.1. The van der Waals surface area contributed by atoms with Crippen molar-refractivity contribution in [1.29, 1.82) is 0 Å². The third-order valence-corrected chi connectivity index (χ3v) is 4.47. The first-order valence-corrected chi connectivity index (χ1v) is 9.08. The number of hydrogen-bond donors (Lipinski definition) is 0. The molecule has 2 rings (SSSR count). The van der Waals surface area contributed by atoms with Gasteiger partial charge in [-0.2, -0.15) is 0 Å². The van der Waals surface area contributed by atoms with Gasteiger partial charge in [-0.25, -0.2) is 0 Å². The second-order valence-corrected chi connectivity index (χ2v) is 6.35. The van der Waals surface area contributed by atoms with Gasteiger partial charge >= 0.3 is 5.97 Å². The summed E-state index contributed by atoms with van der Waals surface area (Å²) >= 11 is 0. The van der Waals surface area contributed by atoms with Crippen LogP contribution in [0.5, 0.6) is 0 Å². The van der Waals surface area contributed by atoms with Crippen LogP contribution < -0.4 is 0 Å². The summed E-state index contributed by atoms with van der Waals surface area (Å²) in [5, 5.41) is 0. The zero-order valence-corrected chi connectivity index (χ0v) is 15.8. The van der Waals surface area contributed by atoms with Crippen LogP contribution in [-0.4, -0.2) is 44.2 Å². The minimum absolute atomic E-state index is 0.127. The van der Waals surface area contributed by atoms with Crippen LogP contribution in [0.15, 0.2) is 36.5 Å². The Morgan fingerprint density at radius 2 is 2.23 bits per heavy atom. The second kappa shape index (κ2) is 11.1. The number of ether oxygens (including phenoxy) is 4. The standard InChI is InChI=1S/C20H29NO5/c1-15-25-14-16(10-6-4-5-7-12-18(22)23-2)19(26-15)20(24-3)17-11-8-9-13-21-17/h4,6,8-9,11,13,15-16,19-20H,5,7,10,12,14H2,1-3H3/b6-4-/t15-,16+,19-,20?/m1/s1. The van der Waals surface area contributed by atoms with Crippen molar-refractivity contribution in [1.82, 2.24) is 4.98 Å². The Hall–Kier alpha value is -1.76. The SMILES string of the molecule is COC(=O)CCC/C=C\C[C@H]1CO[C@@H](C)O[C@H]1C(OC)c1ccccn1. The molecule has 144 valence electrons. The van der Waals surface area contributed by atoms with Crippen molar-refractivity contribution in [2.24, 2.45) is 5.92 Å². The molecule has 0 radical (unpaired) electrons. The molecule has 0 spiro atoms. The van der Waals surface area contributed by atoms with E-state index in [1.807, 2.05) is 25.1 Å². The molecule has 0 bridgehead atoms. The molecular weight excluding hydrogens is 334 g/mol. The highest BCUT2D eigenvalue weighted by Crippen LogP contribution is 2.33. The Labute approximate surface area is 155 Å². The van der Waals surface area contributed by atoms with Gasteiger partial charge in [0.05, 0.1) is 25.5 Å². The lowest BCUT2D eigenvalue weighted by Crippen LogP contribution is -2.42. The minimum atomic E-state index is -0.262. The molecule has 6 heteroatoms. The molecular formula is C20H29NO5. The first-order valence-electron chi connectivity index (χ1n) is 9.08. The van der Waals surface area contributed by atoms with Gasteiger partial charge in [-0.15, -0.1) is 0 Å². The van der Waals surface area contributed by atoms with Gasteiger partial charge < -0.3 is 18.9 Å². The molecule has 0 aromatic carbocycles. The maximum Gasteiger partial charge on any atom is 0.305 e. The van der Waals surface area contributed by atoms with Crippen LogP contribution in [0, 0.1) is 5.92 Å². The fourth-order valence-corrected chi connectivity index (χ4v) is 3.07. The third-order valence-electron chi connectivity index (χ3n) is 4.47. The molecule has 1 fully saturated rings. The first kappa shape index (κ1) is 20.6. The van der Waals surface area contributed by atoms with E-state index in [1.165, 1.54) is 7.11 Å². The monoisotopic (exact) mass is 363 g/mol. The quantitative estimate of drug-likeness (QED) is 0.380. The van der Waals surface area contributed by atoms with Crippen LogP contribution in [0.1, 0.15) is 44.4 Å². The van der Waals surface area contributed by atoms with E-state index in [0.717, 1.165) is 25.0 Å². The van der Waals surface area contributed by atoms with Crippen molar-refractivity contribution >= 4 is 5.97 Å².